The third kappa shape index (κ3) is 2.87. The first kappa shape index (κ1) is 14.3. The van der Waals surface area contributed by atoms with E-state index in [4.69, 9.17) is 5.73 Å². The molecule has 4 heteroatoms. The molecule has 2 aromatic rings. The average Bonchev–Trinajstić information content (AvgIpc) is 2.80. The molecular formula is C17H24N4. The molecule has 1 aliphatic rings. The molecule has 2 N–H and O–H groups in total. The summed E-state index contributed by atoms with van der Waals surface area (Å²) in [4.78, 5) is 6.78. The van der Waals surface area contributed by atoms with Crippen molar-refractivity contribution in [3.05, 3.63) is 53.6 Å². The van der Waals surface area contributed by atoms with Crippen LogP contribution >= 0.6 is 0 Å². The summed E-state index contributed by atoms with van der Waals surface area (Å²) in [5.41, 5.74) is 9.32. The van der Waals surface area contributed by atoms with Gasteiger partial charge in [0.1, 0.15) is 5.82 Å². The molecule has 0 amide bonds. The van der Waals surface area contributed by atoms with E-state index in [1.54, 1.807) is 0 Å². The maximum absolute atomic E-state index is 6.59. The Morgan fingerprint density at radius 3 is 2.95 bits per heavy atom. The fourth-order valence-electron chi connectivity index (χ4n) is 3.36. The molecule has 1 heterocycles. The fourth-order valence-corrected chi connectivity index (χ4v) is 3.36. The molecule has 2 unspecified atom stereocenters. The van der Waals surface area contributed by atoms with E-state index < -0.39 is 0 Å². The Morgan fingerprint density at radius 2 is 2.19 bits per heavy atom. The lowest BCUT2D eigenvalue weighted by atomic mass is 9.96. The van der Waals surface area contributed by atoms with Gasteiger partial charge in [-0.2, -0.15) is 0 Å². The normalized spacial score (nSPS) is 22.1. The molecule has 4 nitrogen and oxygen atoms in total. The van der Waals surface area contributed by atoms with Gasteiger partial charge in [-0.05, 0) is 37.4 Å². The first-order valence-corrected chi connectivity index (χ1v) is 7.66. The lowest BCUT2D eigenvalue weighted by molar-refractivity contribution is 0.187. The number of nitrogens with zero attached hydrogens (tertiary/aromatic N) is 3. The van der Waals surface area contributed by atoms with Crippen molar-refractivity contribution in [3.8, 4) is 0 Å². The number of rotatable bonds is 3. The van der Waals surface area contributed by atoms with Crippen LogP contribution in [-0.2, 0) is 20.0 Å². The van der Waals surface area contributed by atoms with E-state index in [0.29, 0.717) is 6.04 Å². The third-order valence-corrected chi connectivity index (χ3v) is 4.65. The number of aromatic nitrogens is 2. The standard InChI is InChI=1S/C17H24N4/c1-20-11-10-19-16(20)12-21(2)15-9-5-7-13-6-3-4-8-14(13)17(15)18/h3-4,6,8,10-11,15,17H,5,7,9,12,18H2,1-2H3. The molecule has 0 radical (unpaired) electrons. The molecule has 112 valence electrons. The molecule has 0 saturated carbocycles. The molecule has 0 bridgehead atoms. The molecule has 1 aromatic carbocycles. The Bertz CT molecular complexity index is 604. The smallest absolute Gasteiger partial charge is 0.122 e. The van der Waals surface area contributed by atoms with Crippen LogP contribution in [0.4, 0.5) is 0 Å². The highest BCUT2D eigenvalue weighted by atomic mass is 15.2. The van der Waals surface area contributed by atoms with Gasteiger partial charge in [0, 0.05) is 31.5 Å². The zero-order valence-electron chi connectivity index (χ0n) is 12.9. The van der Waals surface area contributed by atoms with Crippen molar-refractivity contribution < 1.29 is 0 Å². The minimum absolute atomic E-state index is 0.0777. The van der Waals surface area contributed by atoms with Crippen molar-refractivity contribution in [1.29, 1.82) is 0 Å². The highest BCUT2D eigenvalue weighted by Crippen LogP contribution is 2.30. The van der Waals surface area contributed by atoms with Gasteiger partial charge in [0.05, 0.1) is 6.54 Å². The Labute approximate surface area is 126 Å². The zero-order chi connectivity index (χ0) is 14.8. The molecule has 2 atom stereocenters. The summed E-state index contributed by atoms with van der Waals surface area (Å²) in [6, 6.07) is 9.06. The molecule has 1 aromatic heterocycles. The molecule has 1 aliphatic carbocycles. The van der Waals surface area contributed by atoms with Crippen molar-refractivity contribution in [2.45, 2.75) is 37.9 Å². The van der Waals surface area contributed by atoms with Crippen LogP contribution in [0, 0.1) is 0 Å². The minimum Gasteiger partial charge on any atom is -0.337 e. The summed E-state index contributed by atoms with van der Waals surface area (Å²) < 4.78 is 2.08. The predicted molar refractivity (Wildman–Crippen MR) is 84.8 cm³/mol. The largest absolute Gasteiger partial charge is 0.337 e. The van der Waals surface area contributed by atoms with E-state index in [-0.39, 0.29) is 6.04 Å². The van der Waals surface area contributed by atoms with Crippen LogP contribution in [-0.4, -0.2) is 27.5 Å². The van der Waals surface area contributed by atoms with Crippen LogP contribution in [0.1, 0.15) is 35.8 Å². The lowest BCUT2D eigenvalue weighted by Gasteiger charge is -2.32. The van der Waals surface area contributed by atoms with Gasteiger partial charge in [-0.1, -0.05) is 24.3 Å². The Kier molecular flexibility index (Phi) is 4.08. The highest BCUT2D eigenvalue weighted by molar-refractivity contribution is 5.32. The van der Waals surface area contributed by atoms with Gasteiger partial charge in [-0.3, -0.25) is 4.90 Å². The topological polar surface area (TPSA) is 47.1 Å². The van der Waals surface area contributed by atoms with Gasteiger partial charge in [0.25, 0.3) is 0 Å². The minimum atomic E-state index is 0.0777. The number of likely N-dealkylation sites (N-methyl/N-ethyl adjacent to an activating group) is 1. The van der Waals surface area contributed by atoms with Crippen molar-refractivity contribution in [2.24, 2.45) is 12.8 Å². The summed E-state index contributed by atoms with van der Waals surface area (Å²) >= 11 is 0. The number of fused-ring (bicyclic) bond motifs is 1. The molecule has 3 rings (SSSR count). The molecule has 0 saturated heterocycles. The highest BCUT2D eigenvalue weighted by Gasteiger charge is 2.28. The Morgan fingerprint density at radius 1 is 1.38 bits per heavy atom. The molecule has 0 aliphatic heterocycles. The quantitative estimate of drug-likeness (QED) is 0.880. The van der Waals surface area contributed by atoms with E-state index in [2.05, 4.69) is 45.8 Å². The van der Waals surface area contributed by atoms with Crippen molar-refractivity contribution in [1.82, 2.24) is 14.5 Å². The second-order valence-electron chi connectivity index (χ2n) is 6.05. The van der Waals surface area contributed by atoms with Crippen LogP contribution in [0.25, 0.3) is 0 Å². The van der Waals surface area contributed by atoms with E-state index >= 15 is 0 Å². The van der Waals surface area contributed by atoms with Crippen LogP contribution in [0.3, 0.4) is 0 Å². The first-order chi connectivity index (χ1) is 10.2. The van der Waals surface area contributed by atoms with Crippen LogP contribution in [0.5, 0.6) is 0 Å². The summed E-state index contributed by atoms with van der Waals surface area (Å²) in [6.45, 7) is 0.837. The van der Waals surface area contributed by atoms with Crippen molar-refractivity contribution in [2.75, 3.05) is 7.05 Å². The van der Waals surface area contributed by atoms with Crippen LogP contribution < -0.4 is 5.73 Å². The number of hydrogen-bond acceptors (Lipinski definition) is 3. The second kappa shape index (κ2) is 6.00. The second-order valence-corrected chi connectivity index (χ2v) is 6.05. The zero-order valence-corrected chi connectivity index (χ0v) is 12.9. The van der Waals surface area contributed by atoms with Crippen molar-refractivity contribution in [3.63, 3.8) is 0 Å². The summed E-state index contributed by atoms with van der Waals surface area (Å²) in [5.74, 6) is 1.09. The number of aryl methyl sites for hydroxylation is 2. The summed E-state index contributed by atoms with van der Waals surface area (Å²) in [6.07, 6.45) is 7.31. The van der Waals surface area contributed by atoms with E-state index in [1.165, 1.54) is 17.5 Å². The van der Waals surface area contributed by atoms with Gasteiger partial charge < -0.3 is 10.3 Å². The van der Waals surface area contributed by atoms with E-state index in [9.17, 15) is 0 Å². The Hall–Kier alpha value is -1.65. The molecular weight excluding hydrogens is 260 g/mol. The van der Waals surface area contributed by atoms with Crippen LogP contribution in [0.15, 0.2) is 36.7 Å². The lowest BCUT2D eigenvalue weighted by Crippen LogP contribution is -2.40. The maximum atomic E-state index is 6.59. The van der Waals surface area contributed by atoms with Gasteiger partial charge >= 0.3 is 0 Å². The van der Waals surface area contributed by atoms with Gasteiger partial charge in [-0.15, -0.1) is 0 Å². The van der Waals surface area contributed by atoms with E-state index in [0.717, 1.165) is 25.2 Å². The monoisotopic (exact) mass is 284 g/mol. The van der Waals surface area contributed by atoms with Gasteiger partial charge in [-0.25, -0.2) is 4.98 Å². The maximum Gasteiger partial charge on any atom is 0.122 e. The summed E-state index contributed by atoms with van der Waals surface area (Å²) in [7, 11) is 4.20. The average molecular weight is 284 g/mol. The SMILES string of the molecule is CN(Cc1nccn1C)C1CCCc2ccccc2C1N. The number of benzene rings is 1. The van der Waals surface area contributed by atoms with Gasteiger partial charge in [0.2, 0.25) is 0 Å². The molecule has 0 fully saturated rings. The van der Waals surface area contributed by atoms with Crippen LogP contribution in [0.2, 0.25) is 0 Å². The molecule has 21 heavy (non-hydrogen) atoms. The van der Waals surface area contributed by atoms with Gasteiger partial charge in [0.15, 0.2) is 0 Å². The first-order valence-electron chi connectivity index (χ1n) is 7.66. The number of hydrogen-bond donors (Lipinski definition) is 1. The number of nitrogens with two attached hydrogens (primary N) is 1. The predicted octanol–water partition coefficient (Wildman–Crippen LogP) is 2.26. The summed E-state index contributed by atoms with van der Waals surface area (Å²) in [5, 5.41) is 0. The molecule has 0 spiro atoms. The fraction of sp³-hybridized carbons (Fsp3) is 0.471. The third-order valence-electron chi connectivity index (χ3n) is 4.65. The van der Waals surface area contributed by atoms with E-state index in [1.807, 2.05) is 19.4 Å². The Balaban J connectivity index is 1.80. The number of imidazole rings is 1. The van der Waals surface area contributed by atoms with Crippen molar-refractivity contribution >= 4 is 0 Å².